The van der Waals surface area contributed by atoms with Crippen molar-refractivity contribution in [3.8, 4) is 0 Å². The fourth-order valence-corrected chi connectivity index (χ4v) is 2.65. The standard InChI is InChI=1S/C12H14N4O4S2/c1-3-19-11(18)14-9(17)6-22-12-16-15-10(20-12)4-8-5-21-7(2)13-8/h5H,3-4,6H2,1-2H3,(H,14,17,18). The highest BCUT2D eigenvalue weighted by Crippen LogP contribution is 2.18. The summed E-state index contributed by atoms with van der Waals surface area (Å²) < 4.78 is 10.0. The van der Waals surface area contributed by atoms with Gasteiger partial charge in [-0.05, 0) is 13.8 Å². The molecule has 0 atom stereocenters. The van der Waals surface area contributed by atoms with Crippen LogP contribution in [0.2, 0.25) is 0 Å². The Labute approximate surface area is 134 Å². The van der Waals surface area contributed by atoms with Crippen LogP contribution in [0.4, 0.5) is 4.79 Å². The lowest BCUT2D eigenvalue weighted by molar-refractivity contribution is -0.117. The van der Waals surface area contributed by atoms with Gasteiger partial charge in [0.1, 0.15) is 0 Å². The first-order valence-corrected chi connectivity index (χ1v) is 8.26. The monoisotopic (exact) mass is 342 g/mol. The van der Waals surface area contributed by atoms with E-state index in [1.807, 2.05) is 12.3 Å². The Balaban J connectivity index is 1.79. The number of carbonyl (C=O) groups excluding carboxylic acids is 2. The highest BCUT2D eigenvalue weighted by atomic mass is 32.2. The number of ether oxygens (including phenoxy) is 1. The van der Waals surface area contributed by atoms with Crippen molar-refractivity contribution in [3.05, 3.63) is 22.0 Å². The molecule has 2 aromatic rings. The minimum atomic E-state index is -0.766. The quantitative estimate of drug-likeness (QED) is 0.792. The van der Waals surface area contributed by atoms with Gasteiger partial charge in [-0.1, -0.05) is 11.8 Å². The number of thioether (sulfide) groups is 1. The van der Waals surface area contributed by atoms with Crippen molar-refractivity contribution in [2.24, 2.45) is 0 Å². The van der Waals surface area contributed by atoms with Crippen molar-refractivity contribution in [1.29, 1.82) is 0 Å². The van der Waals surface area contributed by atoms with Crippen molar-refractivity contribution >= 4 is 35.1 Å². The topological polar surface area (TPSA) is 107 Å². The first kappa shape index (κ1) is 16.4. The van der Waals surface area contributed by atoms with E-state index in [1.165, 1.54) is 0 Å². The Kier molecular flexibility index (Phi) is 5.90. The maximum atomic E-state index is 11.5. The van der Waals surface area contributed by atoms with Crippen molar-refractivity contribution in [2.45, 2.75) is 25.5 Å². The number of hydrogen-bond acceptors (Lipinski definition) is 9. The first-order chi connectivity index (χ1) is 10.6. The second kappa shape index (κ2) is 7.90. The summed E-state index contributed by atoms with van der Waals surface area (Å²) in [5, 5.41) is 13.0. The van der Waals surface area contributed by atoms with Gasteiger partial charge in [0.25, 0.3) is 5.22 Å². The minimum Gasteiger partial charge on any atom is -0.450 e. The number of imide groups is 1. The number of carbonyl (C=O) groups is 2. The SMILES string of the molecule is CCOC(=O)NC(=O)CSc1nnc(Cc2csc(C)n2)o1. The van der Waals surface area contributed by atoms with Crippen LogP contribution in [-0.4, -0.2) is 39.5 Å². The van der Waals surface area contributed by atoms with Crippen LogP contribution < -0.4 is 5.32 Å². The van der Waals surface area contributed by atoms with Crippen molar-refractivity contribution in [2.75, 3.05) is 12.4 Å². The number of hydrogen-bond donors (Lipinski definition) is 1. The molecule has 0 spiro atoms. The van der Waals surface area contributed by atoms with Crippen LogP contribution in [0.3, 0.4) is 0 Å². The molecule has 0 unspecified atom stereocenters. The predicted octanol–water partition coefficient (Wildman–Crippen LogP) is 1.79. The van der Waals surface area contributed by atoms with Crippen LogP contribution in [0.15, 0.2) is 15.0 Å². The zero-order chi connectivity index (χ0) is 15.9. The summed E-state index contributed by atoms with van der Waals surface area (Å²) >= 11 is 2.60. The van der Waals surface area contributed by atoms with Crippen molar-refractivity contribution < 1.29 is 18.7 Å². The van der Waals surface area contributed by atoms with E-state index in [-0.39, 0.29) is 17.6 Å². The molecule has 118 valence electrons. The molecule has 0 aliphatic carbocycles. The Bertz CT molecular complexity index is 655. The Morgan fingerprint density at radius 2 is 2.27 bits per heavy atom. The van der Waals surface area contributed by atoms with E-state index in [0.717, 1.165) is 22.5 Å². The predicted molar refractivity (Wildman–Crippen MR) is 79.8 cm³/mol. The van der Waals surface area contributed by atoms with E-state index < -0.39 is 12.0 Å². The molecule has 0 radical (unpaired) electrons. The molecule has 2 heterocycles. The Morgan fingerprint density at radius 1 is 1.45 bits per heavy atom. The molecule has 1 N–H and O–H groups in total. The molecule has 2 aromatic heterocycles. The second-order valence-corrected chi connectivity index (χ2v) is 6.04. The van der Waals surface area contributed by atoms with Gasteiger partial charge in [0, 0.05) is 5.38 Å². The zero-order valence-corrected chi connectivity index (χ0v) is 13.6. The zero-order valence-electron chi connectivity index (χ0n) is 12.0. The van der Waals surface area contributed by atoms with Gasteiger partial charge in [0.2, 0.25) is 11.8 Å². The van der Waals surface area contributed by atoms with Crippen LogP contribution in [-0.2, 0) is 16.0 Å². The number of thiazole rings is 1. The van der Waals surface area contributed by atoms with Gasteiger partial charge in [-0.15, -0.1) is 21.5 Å². The first-order valence-electron chi connectivity index (χ1n) is 6.39. The summed E-state index contributed by atoms with van der Waals surface area (Å²) in [4.78, 5) is 26.8. The van der Waals surface area contributed by atoms with Gasteiger partial charge >= 0.3 is 6.09 Å². The van der Waals surface area contributed by atoms with Crippen LogP contribution >= 0.6 is 23.1 Å². The average Bonchev–Trinajstić information content (AvgIpc) is 3.06. The number of nitrogens with zero attached hydrogens (tertiary/aromatic N) is 3. The third-order valence-electron chi connectivity index (χ3n) is 2.29. The molecule has 0 fully saturated rings. The molecule has 0 bridgehead atoms. The molecule has 0 saturated carbocycles. The molecule has 0 saturated heterocycles. The number of nitrogens with one attached hydrogen (secondary N) is 1. The lowest BCUT2D eigenvalue weighted by Gasteiger charge is -2.02. The van der Waals surface area contributed by atoms with Gasteiger partial charge in [0.05, 0.1) is 29.5 Å². The van der Waals surface area contributed by atoms with Gasteiger partial charge < -0.3 is 9.15 Å². The lowest BCUT2D eigenvalue weighted by atomic mass is 10.3. The van der Waals surface area contributed by atoms with Crippen molar-refractivity contribution in [3.63, 3.8) is 0 Å². The Hall–Kier alpha value is -1.94. The number of aromatic nitrogens is 3. The van der Waals surface area contributed by atoms with E-state index >= 15 is 0 Å². The maximum absolute atomic E-state index is 11.5. The third-order valence-corrected chi connectivity index (χ3v) is 3.93. The lowest BCUT2D eigenvalue weighted by Crippen LogP contribution is -2.32. The molecule has 22 heavy (non-hydrogen) atoms. The van der Waals surface area contributed by atoms with Gasteiger partial charge in [-0.3, -0.25) is 10.1 Å². The van der Waals surface area contributed by atoms with Crippen molar-refractivity contribution in [1.82, 2.24) is 20.5 Å². The van der Waals surface area contributed by atoms with Crippen LogP contribution in [0.25, 0.3) is 0 Å². The van der Waals surface area contributed by atoms with E-state index in [9.17, 15) is 9.59 Å². The third kappa shape index (κ3) is 5.11. The molecule has 2 rings (SSSR count). The molecule has 0 aliphatic heterocycles. The smallest absolute Gasteiger partial charge is 0.413 e. The molecular formula is C12H14N4O4S2. The number of rotatable bonds is 6. The maximum Gasteiger partial charge on any atom is 0.413 e. The highest BCUT2D eigenvalue weighted by molar-refractivity contribution is 7.99. The molecule has 2 amide bonds. The van der Waals surface area contributed by atoms with E-state index in [0.29, 0.717) is 12.3 Å². The summed E-state index contributed by atoms with van der Waals surface area (Å²) in [6.07, 6.45) is -0.314. The van der Waals surface area contributed by atoms with Crippen LogP contribution in [0.1, 0.15) is 23.5 Å². The minimum absolute atomic E-state index is 0.0176. The van der Waals surface area contributed by atoms with Gasteiger partial charge in [-0.2, -0.15) is 0 Å². The average molecular weight is 342 g/mol. The molecule has 0 aliphatic rings. The summed E-state index contributed by atoms with van der Waals surface area (Å²) in [5.41, 5.74) is 0.864. The molecule has 10 heteroatoms. The van der Waals surface area contributed by atoms with E-state index in [1.54, 1.807) is 18.3 Å². The normalized spacial score (nSPS) is 10.5. The highest BCUT2D eigenvalue weighted by Gasteiger charge is 2.13. The fourth-order valence-electron chi connectivity index (χ4n) is 1.46. The fraction of sp³-hybridized carbons (Fsp3) is 0.417. The largest absolute Gasteiger partial charge is 0.450 e. The molecule has 0 aromatic carbocycles. The van der Waals surface area contributed by atoms with Crippen LogP contribution in [0, 0.1) is 6.92 Å². The summed E-state index contributed by atoms with van der Waals surface area (Å²) in [5.74, 6) is -0.0760. The summed E-state index contributed by atoms with van der Waals surface area (Å²) in [7, 11) is 0. The molecule has 8 nitrogen and oxygen atoms in total. The van der Waals surface area contributed by atoms with E-state index in [2.05, 4.69) is 25.2 Å². The van der Waals surface area contributed by atoms with Gasteiger partial charge in [-0.25, -0.2) is 9.78 Å². The number of aryl methyl sites for hydroxylation is 1. The summed E-state index contributed by atoms with van der Waals surface area (Å²) in [6.45, 7) is 3.78. The van der Waals surface area contributed by atoms with E-state index in [4.69, 9.17) is 4.42 Å². The summed E-state index contributed by atoms with van der Waals surface area (Å²) in [6, 6.07) is 0. The van der Waals surface area contributed by atoms with Crippen LogP contribution in [0.5, 0.6) is 0 Å². The second-order valence-electron chi connectivity index (χ2n) is 4.05. The van der Waals surface area contributed by atoms with Gasteiger partial charge in [0.15, 0.2) is 0 Å². The number of alkyl carbamates (subject to hydrolysis) is 1. The molecular weight excluding hydrogens is 328 g/mol. The Morgan fingerprint density at radius 3 is 2.95 bits per heavy atom. The number of amides is 2.